The number of likely N-dealkylation sites (N-methyl/N-ethyl adjacent to an activating group) is 1. The molecule has 6 nitrogen and oxygen atoms in total. The van der Waals surface area contributed by atoms with Crippen molar-refractivity contribution < 1.29 is 4.74 Å². The van der Waals surface area contributed by atoms with E-state index >= 15 is 0 Å². The van der Waals surface area contributed by atoms with Crippen molar-refractivity contribution in [2.24, 2.45) is 5.73 Å². The van der Waals surface area contributed by atoms with E-state index < -0.39 is 0 Å². The number of rotatable bonds is 8. The minimum atomic E-state index is 0.343. The fraction of sp³-hybridized carbons (Fsp3) is 0.615. The summed E-state index contributed by atoms with van der Waals surface area (Å²) in [5, 5.41) is 11.5. The Bertz CT molecular complexity index is 466. The molecule has 1 aromatic heterocycles. The van der Waals surface area contributed by atoms with Crippen molar-refractivity contribution in [3.63, 3.8) is 0 Å². The Kier molecular flexibility index (Phi) is 6.77. The van der Waals surface area contributed by atoms with Crippen LogP contribution >= 0.6 is 12.2 Å². The number of anilines is 1. The van der Waals surface area contributed by atoms with Gasteiger partial charge in [-0.25, -0.2) is 0 Å². The quantitative estimate of drug-likeness (QED) is 0.685. The van der Waals surface area contributed by atoms with Gasteiger partial charge in [0.1, 0.15) is 4.99 Å². The second-order valence-corrected chi connectivity index (χ2v) is 5.16. The lowest BCUT2D eigenvalue weighted by molar-refractivity contribution is 0.163. The van der Waals surface area contributed by atoms with Crippen molar-refractivity contribution >= 4 is 23.0 Å². The number of nitrogens with one attached hydrogen (secondary N) is 1. The zero-order chi connectivity index (χ0) is 15.1. The fourth-order valence-electron chi connectivity index (χ4n) is 1.76. The zero-order valence-corrected chi connectivity index (χ0v) is 13.4. The third-order valence-electron chi connectivity index (χ3n) is 3.16. The Labute approximate surface area is 125 Å². The summed E-state index contributed by atoms with van der Waals surface area (Å²) in [4.78, 5) is 2.52. The SMILES string of the molecule is COCCN(C)CCNc1nnc(C)c(C)c1C(N)=S. The topological polar surface area (TPSA) is 76.3 Å². The van der Waals surface area contributed by atoms with Crippen molar-refractivity contribution in [3.8, 4) is 0 Å². The lowest BCUT2D eigenvalue weighted by atomic mass is 10.1. The number of nitrogens with zero attached hydrogens (tertiary/aromatic N) is 3. The number of ether oxygens (including phenoxy) is 1. The maximum absolute atomic E-state index is 5.78. The average Bonchev–Trinajstić information content (AvgIpc) is 2.40. The summed E-state index contributed by atoms with van der Waals surface area (Å²) in [5.74, 6) is 0.653. The first-order valence-electron chi connectivity index (χ1n) is 6.52. The molecule has 20 heavy (non-hydrogen) atoms. The smallest absolute Gasteiger partial charge is 0.159 e. The highest BCUT2D eigenvalue weighted by molar-refractivity contribution is 7.80. The van der Waals surface area contributed by atoms with Crippen molar-refractivity contribution in [2.75, 3.05) is 45.7 Å². The van der Waals surface area contributed by atoms with E-state index in [1.165, 1.54) is 0 Å². The molecule has 0 saturated heterocycles. The average molecular weight is 297 g/mol. The lowest BCUT2D eigenvalue weighted by Gasteiger charge is -2.18. The Morgan fingerprint density at radius 2 is 2.05 bits per heavy atom. The molecule has 1 rings (SSSR count). The van der Waals surface area contributed by atoms with Gasteiger partial charge in [-0.05, 0) is 26.5 Å². The summed E-state index contributed by atoms with van der Waals surface area (Å²) in [6.07, 6.45) is 0. The van der Waals surface area contributed by atoms with E-state index in [-0.39, 0.29) is 0 Å². The maximum Gasteiger partial charge on any atom is 0.159 e. The molecule has 0 amide bonds. The zero-order valence-electron chi connectivity index (χ0n) is 12.6. The van der Waals surface area contributed by atoms with Crippen molar-refractivity contribution in [1.82, 2.24) is 15.1 Å². The second-order valence-electron chi connectivity index (χ2n) is 4.72. The molecule has 0 fully saturated rings. The number of hydrogen-bond acceptors (Lipinski definition) is 6. The molecule has 1 aromatic rings. The highest BCUT2D eigenvalue weighted by Gasteiger charge is 2.13. The second kappa shape index (κ2) is 8.08. The van der Waals surface area contributed by atoms with Gasteiger partial charge in [0.2, 0.25) is 0 Å². The van der Waals surface area contributed by atoms with Crippen LogP contribution < -0.4 is 11.1 Å². The molecule has 0 spiro atoms. The highest BCUT2D eigenvalue weighted by Crippen LogP contribution is 2.17. The van der Waals surface area contributed by atoms with E-state index in [4.69, 9.17) is 22.7 Å². The monoisotopic (exact) mass is 297 g/mol. The Morgan fingerprint density at radius 3 is 2.65 bits per heavy atom. The normalized spacial score (nSPS) is 10.8. The van der Waals surface area contributed by atoms with Crippen LogP contribution in [0, 0.1) is 13.8 Å². The number of hydrogen-bond donors (Lipinski definition) is 2. The number of methoxy groups -OCH3 is 1. The lowest BCUT2D eigenvalue weighted by Crippen LogP contribution is -2.29. The van der Waals surface area contributed by atoms with E-state index in [0.29, 0.717) is 10.8 Å². The summed E-state index contributed by atoms with van der Waals surface area (Å²) in [7, 11) is 3.74. The van der Waals surface area contributed by atoms with E-state index in [2.05, 4.69) is 20.4 Å². The summed E-state index contributed by atoms with van der Waals surface area (Å²) in [6.45, 7) is 7.07. The van der Waals surface area contributed by atoms with Crippen LogP contribution in [0.3, 0.4) is 0 Å². The van der Waals surface area contributed by atoms with Gasteiger partial charge in [0.15, 0.2) is 5.82 Å². The molecule has 0 aliphatic heterocycles. The van der Waals surface area contributed by atoms with E-state index in [1.807, 2.05) is 20.9 Å². The maximum atomic E-state index is 5.78. The van der Waals surface area contributed by atoms with E-state index in [0.717, 1.165) is 43.1 Å². The minimum absolute atomic E-state index is 0.343. The molecule has 1 heterocycles. The van der Waals surface area contributed by atoms with Gasteiger partial charge >= 0.3 is 0 Å². The third-order valence-corrected chi connectivity index (χ3v) is 3.37. The molecule has 0 aliphatic rings. The third kappa shape index (κ3) is 4.66. The highest BCUT2D eigenvalue weighted by atomic mass is 32.1. The summed E-state index contributed by atoms with van der Waals surface area (Å²) in [5.41, 5.74) is 8.38. The molecular formula is C13H23N5OS. The van der Waals surface area contributed by atoms with Crippen molar-refractivity contribution in [2.45, 2.75) is 13.8 Å². The largest absolute Gasteiger partial charge is 0.389 e. The molecule has 0 saturated carbocycles. The van der Waals surface area contributed by atoms with Gasteiger partial charge in [-0.3, -0.25) is 0 Å². The standard InChI is InChI=1S/C13H23N5OS/c1-9-10(2)16-17-13(11(9)12(14)20)15-5-6-18(3)7-8-19-4/h5-8H2,1-4H3,(H2,14,20)(H,15,17). The molecule has 112 valence electrons. The molecule has 0 atom stereocenters. The van der Waals surface area contributed by atoms with Gasteiger partial charge in [-0.15, -0.1) is 5.10 Å². The Balaban J connectivity index is 2.64. The first-order valence-corrected chi connectivity index (χ1v) is 6.93. The fourth-order valence-corrected chi connectivity index (χ4v) is 2.01. The molecular weight excluding hydrogens is 274 g/mol. The molecule has 0 radical (unpaired) electrons. The Morgan fingerprint density at radius 1 is 1.35 bits per heavy atom. The van der Waals surface area contributed by atoms with Crippen LogP contribution in [-0.2, 0) is 4.74 Å². The molecule has 0 unspecified atom stereocenters. The molecule has 7 heteroatoms. The predicted octanol–water partition coefficient (Wildman–Crippen LogP) is 0.718. The number of thiocarbonyl (C=S) groups is 1. The number of nitrogens with two attached hydrogens (primary N) is 1. The van der Waals surface area contributed by atoms with Crippen LogP contribution in [0.2, 0.25) is 0 Å². The van der Waals surface area contributed by atoms with Crippen molar-refractivity contribution in [3.05, 3.63) is 16.8 Å². The summed E-state index contributed by atoms with van der Waals surface area (Å²) >= 11 is 5.10. The van der Waals surface area contributed by atoms with E-state index in [9.17, 15) is 0 Å². The van der Waals surface area contributed by atoms with Crippen LogP contribution in [0.25, 0.3) is 0 Å². The predicted molar refractivity (Wildman–Crippen MR) is 85.3 cm³/mol. The molecule has 0 aromatic carbocycles. The molecule has 0 aliphatic carbocycles. The number of aromatic nitrogens is 2. The van der Waals surface area contributed by atoms with Crippen LogP contribution in [0.15, 0.2) is 0 Å². The van der Waals surface area contributed by atoms with Gasteiger partial charge < -0.3 is 20.7 Å². The van der Waals surface area contributed by atoms with Crippen molar-refractivity contribution in [1.29, 1.82) is 0 Å². The van der Waals surface area contributed by atoms with Gasteiger partial charge in [0.25, 0.3) is 0 Å². The molecule has 0 bridgehead atoms. The van der Waals surface area contributed by atoms with Gasteiger partial charge in [0, 0.05) is 26.7 Å². The van der Waals surface area contributed by atoms with E-state index in [1.54, 1.807) is 7.11 Å². The minimum Gasteiger partial charge on any atom is -0.389 e. The van der Waals surface area contributed by atoms with Gasteiger partial charge in [-0.2, -0.15) is 5.10 Å². The van der Waals surface area contributed by atoms with Gasteiger partial charge in [0.05, 0.1) is 17.9 Å². The van der Waals surface area contributed by atoms with Crippen LogP contribution in [0.5, 0.6) is 0 Å². The number of aryl methyl sites for hydroxylation is 1. The molecule has 3 N–H and O–H groups in total. The summed E-state index contributed by atoms with van der Waals surface area (Å²) < 4.78 is 5.04. The van der Waals surface area contributed by atoms with Gasteiger partial charge in [-0.1, -0.05) is 12.2 Å². The first-order chi connectivity index (χ1) is 9.47. The van der Waals surface area contributed by atoms with Crippen LogP contribution in [0.1, 0.15) is 16.8 Å². The van der Waals surface area contributed by atoms with Crippen LogP contribution in [0.4, 0.5) is 5.82 Å². The van der Waals surface area contributed by atoms with Crippen LogP contribution in [-0.4, -0.2) is 60.5 Å². The Hall–Kier alpha value is -1.31. The summed E-state index contributed by atoms with van der Waals surface area (Å²) in [6, 6.07) is 0. The first kappa shape index (κ1) is 16.7.